The molecule has 1 aliphatic heterocycles. The second kappa shape index (κ2) is 5.29. The van der Waals surface area contributed by atoms with E-state index in [1.54, 1.807) is 0 Å². The van der Waals surface area contributed by atoms with Gasteiger partial charge < -0.3 is 20.9 Å². The summed E-state index contributed by atoms with van der Waals surface area (Å²) in [6, 6.07) is 0. The molecule has 0 bridgehead atoms. The lowest BCUT2D eigenvalue weighted by Crippen LogP contribution is -2.46. The van der Waals surface area contributed by atoms with E-state index in [1.165, 1.54) is 0 Å². The molecule has 5 nitrogen and oxygen atoms in total. The Kier molecular flexibility index (Phi) is 4.31. The summed E-state index contributed by atoms with van der Waals surface area (Å²) in [5.74, 6) is -0.104. The first-order chi connectivity index (χ1) is 6.66. The normalized spacial score (nSPS) is 20.4. The Hall–Kier alpha value is -0.650. The second-order valence-corrected chi connectivity index (χ2v) is 3.65. The Morgan fingerprint density at radius 2 is 2.14 bits per heavy atom. The van der Waals surface area contributed by atoms with E-state index in [0.29, 0.717) is 45.6 Å². The van der Waals surface area contributed by atoms with Gasteiger partial charge in [0.1, 0.15) is 0 Å². The van der Waals surface area contributed by atoms with Crippen molar-refractivity contribution in [2.45, 2.75) is 24.9 Å². The van der Waals surface area contributed by atoms with E-state index in [2.05, 4.69) is 5.32 Å². The Balaban J connectivity index is 2.24. The average molecular weight is 202 g/mol. The lowest BCUT2D eigenvalue weighted by molar-refractivity contribution is -0.123. The van der Waals surface area contributed by atoms with E-state index < -0.39 is 5.60 Å². The van der Waals surface area contributed by atoms with Crippen LogP contribution < -0.4 is 11.1 Å². The van der Waals surface area contributed by atoms with Gasteiger partial charge in [-0.05, 0) is 0 Å². The van der Waals surface area contributed by atoms with E-state index >= 15 is 0 Å². The van der Waals surface area contributed by atoms with Crippen LogP contribution in [0.25, 0.3) is 0 Å². The smallest absolute Gasteiger partial charge is 0.221 e. The molecule has 1 heterocycles. The highest BCUT2D eigenvalue weighted by atomic mass is 16.5. The van der Waals surface area contributed by atoms with E-state index in [4.69, 9.17) is 10.5 Å². The van der Waals surface area contributed by atoms with Gasteiger partial charge in [-0.15, -0.1) is 0 Å². The third-order valence-corrected chi connectivity index (χ3v) is 2.41. The van der Waals surface area contributed by atoms with Gasteiger partial charge >= 0.3 is 0 Å². The fourth-order valence-electron chi connectivity index (χ4n) is 1.41. The van der Waals surface area contributed by atoms with Crippen LogP contribution in [-0.2, 0) is 9.53 Å². The van der Waals surface area contributed by atoms with Gasteiger partial charge in [-0.2, -0.15) is 0 Å². The molecule has 0 aromatic rings. The Bertz CT molecular complexity index is 190. The van der Waals surface area contributed by atoms with E-state index in [-0.39, 0.29) is 5.91 Å². The predicted octanol–water partition coefficient (Wildman–Crippen LogP) is -1.01. The molecule has 0 spiro atoms. The van der Waals surface area contributed by atoms with Crippen molar-refractivity contribution in [1.82, 2.24) is 5.32 Å². The number of carbonyl (C=O) groups is 1. The third kappa shape index (κ3) is 3.61. The fraction of sp³-hybridized carbons (Fsp3) is 0.889. The molecular formula is C9H18N2O3. The summed E-state index contributed by atoms with van der Waals surface area (Å²) < 4.78 is 5.13. The van der Waals surface area contributed by atoms with Crippen LogP contribution in [0.5, 0.6) is 0 Å². The summed E-state index contributed by atoms with van der Waals surface area (Å²) in [7, 11) is 0. The maximum atomic E-state index is 11.1. The first-order valence-corrected chi connectivity index (χ1v) is 4.93. The van der Waals surface area contributed by atoms with Gasteiger partial charge in [0.15, 0.2) is 0 Å². The second-order valence-electron chi connectivity index (χ2n) is 3.65. The topological polar surface area (TPSA) is 84.6 Å². The van der Waals surface area contributed by atoms with Crippen molar-refractivity contribution in [2.75, 3.05) is 26.3 Å². The molecule has 5 heteroatoms. The minimum Gasteiger partial charge on any atom is -0.388 e. The van der Waals surface area contributed by atoms with E-state index in [9.17, 15) is 9.90 Å². The highest BCUT2D eigenvalue weighted by Gasteiger charge is 2.29. The lowest BCUT2D eigenvalue weighted by atomic mass is 9.94. The van der Waals surface area contributed by atoms with Crippen LogP contribution in [0.4, 0.5) is 0 Å². The molecule has 0 unspecified atom stereocenters. The van der Waals surface area contributed by atoms with Gasteiger partial charge in [0.05, 0.1) is 5.60 Å². The van der Waals surface area contributed by atoms with Crippen molar-refractivity contribution < 1.29 is 14.6 Å². The van der Waals surface area contributed by atoms with Gasteiger partial charge in [0.25, 0.3) is 0 Å². The summed E-state index contributed by atoms with van der Waals surface area (Å²) in [6.07, 6.45) is 1.47. The van der Waals surface area contributed by atoms with E-state index in [0.717, 1.165) is 0 Å². The molecule has 82 valence electrons. The van der Waals surface area contributed by atoms with Crippen molar-refractivity contribution in [3.8, 4) is 0 Å². The Morgan fingerprint density at radius 3 is 2.71 bits per heavy atom. The van der Waals surface area contributed by atoms with Crippen molar-refractivity contribution in [1.29, 1.82) is 0 Å². The van der Waals surface area contributed by atoms with Crippen LogP contribution >= 0.6 is 0 Å². The molecule has 1 amide bonds. The minimum atomic E-state index is -0.789. The van der Waals surface area contributed by atoms with Gasteiger partial charge in [-0.1, -0.05) is 0 Å². The van der Waals surface area contributed by atoms with Gasteiger partial charge in [-0.3, -0.25) is 4.79 Å². The first kappa shape index (κ1) is 11.4. The Morgan fingerprint density at radius 1 is 1.50 bits per heavy atom. The van der Waals surface area contributed by atoms with Gasteiger partial charge in [-0.25, -0.2) is 0 Å². The number of hydrogen-bond donors (Lipinski definition) is 3. The zero-order valence-corrected chi connectivity index (χ0v) is 8.29. The van der Waals surface area contributed by atoms with Crippen LogP contribution in [0, 0.1) is 0 Å². The highest BCUT2D eigenvalue weighted by molar-refractivity contribution is 5.76. The van der Waals surface area contributed by atoms with Crippen LogP contribution in [0.1, 0.15) is 19.3 Å². The molecule has 1 rings (SSSR count). The maximum absolute atomic E-state index is 11.1. The number of rotatable bonds is 4. The molecule has 0 aliphatic carbocycles. The largest absolute Gasteiger partial charge is 0.388 e. The number of ether oxygens (including phenoxy) is 1. The highest BCUT2D eigenvalue weighted by Crippen LogP contribution is 2.19. The van der Waals surface area contributed by atoms with Crippen LogP contribution in [0.15, 0.2) is 0 Å². The molecule has 0 aromatic carbocycles. The zero-order chi connectivity index (χ0) is 10.4. The van der Waals surface area contributed by atoms with Crippen LogP contribution in [-0.4, -0.2) is 42.9 Å². The van der Waals surface area contributed by atoms with Crippen molar-refractivity contribution in [3.63, 3.8) is 0 Å². The summed E-state index contributed by atoms with van der Waals surface area (Å²) in [5.41, 5.74) is 4.44. The summed E-state index contributed by atoms with van der Waals surface area (Å²) in [5, 5.41) is 12.6. The number of amides is 1. The third-order valence-electron chi connectivity index (χ3n) is 2.41. The molecule has 14 heavy (non-hydrogen) atoms. The molecule has 4 N–H and O–H groups in total. The minimum absolute atomic E-state index is 0.104. The van der Waals surface area contributed by atoms with Crippen LogP contribution in [0.3, 0.4) is 0 Å². The molecular weight excluding hydrogens is 184 g/mol. The number of hydrogen-bond acceptors (Lipinski definition) is 4. The number of nitrogens with two attached hydrogens (primary N) is 1. The molecule has 0 atom stereocenters. The van der Waals surface area contributed by atoms with Crippen molar-refractivity contribution >= 4 is 5.91 Å². The average Bonchev–Trinajstić information content (AvgIpc) is 2.17. The quantitative estimate of drug-likeness (QED) is 0.545. The maximum Gasteiger partial charge on any atom is 0.221 e. The van der Waals surface area contributed by atoms with Crippen LogP contribution in [0.2, 0.25) is 0 Å². The summed E-state index contributed by atoms with van der Waals surface area (Å²) >= 11 is 0. The molecule has 0 radical (unpaired) electrons. The number of aliphatic hydroxyl groups is 1. The SMILES string of the molecule is NCCC(=O)NCC1(O)CCOCC1. The Labute approximate surface area is 83.6 Å². The van der Waals surface area contributed by atoms with E-state index in [1.807, 2.05) is 0 Å². The fourth-order valence-corrected chi connectivity index (χ4v) is 1.41. The molecule has 1 saturated heterocycles. The standard InChI is InChI=1S/C9H18N2O3/c10-4-1-8(12)11-7-9(13)2-5-14-6-3-9/h13H,1-7,10H2,(H,11,12). The summed E-state index contributed by atoms with van der Waals surface area (Å²) in [6.45, 7) is 1.76. The van der Waals surface area contributed by atoms with Crippen molar-refractivity contribution in [3.05, 3.63) is 0 Å². The van der Waals surface area contributed by atoms with Crippen molar-refractivity contribution in [2.24, 2.45) is 5.73 Å². The number of nitrogens with one attached hydrogen (secondary N) is 1. The molecule has 0 saturated carbocycles. The molecule has 0 aromatic heterocycles. The monoisotopic (exact) mass is 202 g/mol. The lowest BCUT2D eigenvalue weighted by Gasteiger charge is -2.32. The zero-order valence-electron chi connectivity index (χ0n) is 8.29. The van der Waals surface area contributed by atoms with Gasteiger partial charge in [0, 0.05) is 45.6 Å². The first-order valence-electron chi connectivity index (χ1n) is 4.93. The van der Waals surface area contributed by atoms with Gasteiger partial charge in [0.2, 0.25) is 5.91 Å². The number of carbonyl (C=O) groups excluding carboxylic acids is 1. The summed E-state index contributed by atoms with van der Waals surface area (Å²) in [4.78, 5) is 11.1. The molecule has 1 aliphatic rings. The predicted molar refractivity (Wildman–Crippen MR) is 51.7 cm³/mol. The molecule has 1 fully saturated rings.